The van der Waals surface area contributed by atoms with Gasteiger partial charge in [0.25, 0.3) is 5.91 Å². The molecule has 9 heteroatoms. The molecule has 150 valence electrons. The van der Waals surface area contributed by atoms with Crippen molar-refractivity contribution in [3.63, 3.8) is 0 Å². The first-order valence-electron chi connectivity index (χ1n) is 9.39. The molecule has 4 rings (SSSR count). The third-order valence-electron chi connectivity index (χ3n) is 5.36. The van der Waals surface area contributed by atoms with E-state index in [4.69, 9.17) is 0 Å². The van der Waals surface area contributed by atoms with Crippen LogP contribution >= 0.6 is 0 Å². The molecule has 0 saturated carbocycles. The zero-order valence-corrected chi connectivity index (χ0v) is 15.3. The molecule has 6 nitrogen and oxygen atoms in total. The number of nitrogens with one attached hydrogen (secondary N) is 1. The molecule has 2 aliphatic rings. The number of rotatable bonds is 3. The Labute approximate surface area is 160 Å². The number of likely N-dealkylation sites (tertiary alicyclic amines) is 1. The van der Waals surface area contributed by atoms with Gasteiger partial charge in [-0.25, -0.2) is 4.68 Å². The number of hydrogen-bond acceptors (Lipinski definition) is 4. The van der Waals surface area contributed by atoms with Crippen molar-refractivity contribution >= 4 is 5.91 Å². The molecule has 0 spiro atoms. The summed E-state index contributed by atoms with van der Waals surface area (Å²) in [5, 5.41) is 7.54. The average molecular weight is 393 g/mol. The number of aromatic nitrogens is 2. The zero-order chi connectivity index (χ0) is 19.7. The lowest BCUT2D eigenvalue weighted by atomic mass is 10.2. The van der Waals surface area contributed by atoms with Gasteiger partial charge in [0.1, 0.15) is 0 Å². The van der Waals surface area contributed by atoms with Crippen molar-refractivity contribution in [3.8, 4) is 5.69 Å². The number of benzene rings is 1. The van der Waals surface area contributed by atoms with Crippen molar-refractivity contribution in [2.75, 3.05) is 39.3 Å². The molecule has 2 aliphatic heterocycles. The van der Waals surface area contributed by atoms with Crippen LogP contribution in [0.15, 0.2) is 36.5 Å². The molecular formula is C19H22F3N5O. The second kappa shape index (κ2) is 7.56. The minimum absolute atomic E-state index is 0.177. The summed E-state index contributed by atoms with van der Waals surface area (Å²) >= 11 is 0. The number of carbonyl (C=O) groups excluding carboxylic acids is 1. The van der Waals surface area contributed by atoms with E-state index >= 15 is 0 Å². The fourth-order valence-electron chi connectivity index (χ4n) is 3.84. The normalized spacial score (nSPS) is 21.2. The Hall–Kier alpha value is -2.39. The molecule has 0 aliphatic carbocycles. The number of hydrogen-bond donors (Lipinski definition) is 1. The van der Waals surface area contributed by atoms with Crippen molar-refractivity contribution in [1.82, 2.24) is 24.9 Å². The van der Waals surface area contributed by atoms with E-state index < -0.39 is 11.7 Å². The molecule has 1 unspecified atom stereocenters. The summed E-state index contributed by atoms with van der Waals surface area (Å²) in [4.78, 5) is 17.0. The Morgan fingerprint density at radius 3 is 2.68 bits per heavy atom. The molecule has 2 aromatic rings. The van der Waals surface area contributed by atoms with Crippen LogP contribution in [0.3, 0.4) is 0 Å². The SMILES string of the molecule is O=C(c1ccn(-c2cccc(C(F)(F)F)c2)n1)N1CCC(N2CCNCC2)C1. The van der Waals surface area contributed by atoms with Gasteiger partial charge in [-0.15, -0.1) is 0 Å². The van der Waals surface area contributed by atoms with Crippen LogP contribution in [0.4, 0.5) is 13.2 Å². The quantitative estimate of drug-likeness (QED) is 0.867. The number of alkyl halides is 3. The molecule has 0 bridgehead atoms. The first-order chi connectivity index (χ1) is 13.4. The Bertz CT molecular complexity index is 844. The number of nitrogens with zero attached hydrogens (tertiary/aromatic N) is 4. The topological polar surface area (TPSA) is 53.4 Å². The van der Waals surface area contributed by atoms with Crippen LogP contribution in [0.5, 0.6) is 0 Å². The standard InChI is InChI=1S/C19H22F3N5O/c20-19(21,22)14-2-1-3-15(12-14)27-9-5-17(24-27)18(28)26-8-4-16(13-26)25-10-6-23-7-11-25/h1-3,5,9,12,16,23H,4,6-8,10-11,13H2. The van der Waals surface area contributed by atoms with Gasteiger partial charge in [-0.05, 0) is 30.7 Å². The molecule has 3 heterocycles. The minimum Gasteiger partial charge on any atom is -0.336 e. The van der Waals surface area contributed by atoms with E-state index in [1.807, 2.05) is 0 Å². The number of carbonyl (C=O) groups is 1. The van der Waals surface area contributed by atoms with E-state index in [2.05, 4.69) is 15.3 Å². The molecule has 1 N–H and O–H groups in total. The van der Waals surface area contributed by atoms with Crippen molar-refractivity contribution in [2.24, 2.45) is 0 Å². The fraction of sp³-hybridized carbons (Fsp3) is 0.474. The summed E-state index contributed by atoms with van der Waals surface area (Å²) in [6, 6.07) is 6.82. The van der Waals surface area contributed by atoms with Crippen LogP contribution in [0.25, 0.3) is 5.69 Å². The Morgan fingerprint density at radius 1 is 1.14 bits per heavy atom. The van der Waals surface area contributed by atoms with Crippen molar-refractivity contribution in [1.29, 1.82) is 0 Å². The van der Waals surface area contributed by atoms with E-state index in [1.54, 1.807) is 11.0 Å². The Balaban J connectivity index is 1.45. The molecular weight excluding hydrogens is 371 g/mol. The number of halogens is 3. The Kier molecular flexibility index (Phi) is 5.11. The second-order valence-electron chi connectivity index (χ2n) is 7.17. The lowest BCUT2D eigenvalue weighted by Gasteiger charge is -2.32. The smallest absolute Gasteiger partial charge is 0.336 e. The second-order valence-corrected chi connectivity index (χ2v) is 7.17. The summed E-state index contributed by atoms with van der Waals surface area (Å²) in [5.41, 5.74) is -0.223. The molecule has 1 aromatic heterocycles. The summed E-state index contributed by atoms with van der Waals surface area (Å²) in [6.45, 7) is 5.23. The highest BCUT2D eigenvalue weighted by atomic mass is 19.4. The highest BCUT2D eigenvalue weighted by molar-refractivity contribution is 5.92. The van der Waals surface area contributed by atoms with Gasteiger partial charge in [-0.1, -0.05) is 6.07 Å². The molecule has 1 atom stereocenters. The zero-order valence-electron chi connectivity index (χ0n) is 15.3. The highest BCUT2D eigenvalue weighted by Crippen LogP contribution is 2.30. The van der Waals surface area contributed by atoms with Gasteiger partial charge in [0.05, 0.1) is 11.3 Å². The first-order valence-corrected chi connectivity index (χ1v) is 9.39. The molecule has 28 heavy (non-hydrogen) atoms. The van der Waals surface area contributed by atoms with Gasteiger partial charge >= 0.3 is 6.18 Å². The lowest BCUT2D eigenvalue weighted by Crippen LogP contribution is -2.49. The van der Waals surface area contributed by atoms with Crippen LogP contribution < -0.4 is 5.32 Å². The van der Waals surface area contributed by atoms with Crippen LogP contribution in [0.1, 0.15) is 22.5 Å². The molecule has 1 amide bonds. The van der Waals surface area contributed by atoms with Crippen molar-refractivity contribution in [3.05, 3.63) is 47.8 Å². The van der Waals surface area contributed by atoms with Crippen LogP contribution in [0, 0.1) is 0 Å². The van der Waals surface area contributed by atoms with Crippen LogP contribution in [-0.2, 0) is 6.18 Å². The van der Waals surface area contributed by atoms with Gasteiger partial charge < -0.3 is 10.2 Å². The fourth-order valence-corrected chi connectivity index (χ4v) is 3.84. The third kappa shape index (κ3) is 3.90. The highest BCUT2D eigenvalue weighted by Gasteiger charge is 2.33. The number of amides is 1. The molecule has 0 radical (unpaired) electrons. The summed E-state index contributed by atoms with van der Waals surface area (Å²) in [5.74, 6) is -0.177. The Morgan fingerprint density at radius 2 is 1.93 bits per heavy atom. The average Bonchev–Trinajstić information content (AvgIpc) is 3.38. The van der Waals surface area contributed by atoms with Gasteiger partial charge in [0.15, 0.2) is 5.69 Å². The third-order valence-corrected chi connectivity index (χ3v) is 5.36. The molecule has 1 aromatic carbocycles. The van der Waals surface area contributed by atoms with Gasteiger partial charge in [-0.2, -0.15) is 18.3 Å². The van der Waals surface area contributed by atoms with Gasteiger partial charge in [0, 0.05) is 51.5 Å². The number of piperazine rings is 1. The van der Waals surface area contributed by atoms with Crippen LogP contribution in [0.2, 0.25) is 0 Å². The van der Waals surface area contributed by atoms with E-state index in [-0.39, 0.29) is 17.3 Å². The van der Waals surface area contributed by atoms with Gasteiger partial charge in [0.2, 0.25) is 0 Å². The lowest BCUT2D eigenvalue weighted by molar-refractivity contribution is -0.137. The maximum atomic E-state index is 12.9. The van der Waals surface area contributed by atoms with Gasteiger partial charge in [-0.3, -0.25) is 9.69 Å². The van der Waals surface area contributed by atoms with Crippen molar-refractivity contribution in [2.45, 2.75) is 18.6 Å². The largest absolute Gasteiger partial charge is 0.416 e. The summed E-state index contributed by atoms with van der Waals surface area (Å²) in [7, 11) is 0. The van der Waals surface area contributed by atoms with Crippen LogP contribution in [-0.4, -0.2) is 70.8 Å². The maximum Gasteiger partial charge on any atom is 0.416 e. The predicted octanol–water partition coefficient (Wildman–Crippen LogP) is 2.01. The van der Waals surface area contributed by atoms with E-state index in [0.29, 0.717) is 19.1 Å². The van der Waals surface area contributed by atoms with E-state index in [0.717, 1.165) is 44.7 Å². The summed E-state index contributed by atoms with van der Waals surface area (Å²) < 4.78 is 40.1. The predicted molar refractivity (Wildman–Crippen MR) is 97.3 cm³/mol. The molecule has 2 fully saturated rings. The maximum absolute atomic E-state index is 12.9. The molecule has 2 saturated heterocycles. The van der Waals surface area contributed by atoms with E-state index in [9.17, 15) is 18.0 Å². The minimum atomic E-state index is -4.42. The first kappa shape index (κ1) is 18.9. The monoisotopic (exact) mass is 393 g/mol. The van der Waals surface area contributed by atoms with E-state index in [1.165, 1.54) is 23.0 Å². The summed E-state index contributed by atoms with van der Waals surface area (Å²) in [6.07, 6.45) is -1.97. The van der Waals surface area contributed by atoms with Crippen molar-refractivity contribution < 1.29 is 18.0 Å².